The predicted molar refractivity (Wildman–Crippen MR) is 92.5 cm³/mol. The van der Waals surface area contributed by atoms with Crippen molar-refractivity contribution in [1.82, 2.24) is 5.01 Å². The Labute approximate surface area is 141 Å². The van der Waals surface area contributed by atoms with Gasteiger partial charge in [0.25, 0.3) is 0 Å². The number of para-hydroxylation sites is 1. The van der Waals surface area contributed by atoms with E-state index in [1.807, 2.05) is 11.1 Å². The van der Waals surface area contributed by atoms with Gasteiger partial charge in [0, 0.05) is 18.8 Å². The third kappa shape index (κ3) is 3.90. The van der Waals surface area contributed by atoms with Crippen LogP contribution in [0, 0.1) is 0 Å². The van der Waals surface area contributed by atoms with Crippen LogP contribution in [0.3, 0.4) is 0 Å². The van der Waals surface area contributed by atoms with Gasteiger partial charge in [0.05, 0.1) is 31.5 Å². The molecule has 1 aliphatic rings. The number of anilines is 1. The molecule has 0 N–H and O–H groups in total. The fourth-order valence-electron chi connectivity index (χ4n) is 2.58. The van der Waals surface area contributed by atoms with Gasteiger partial charge in [-0.15, -0.1) is 5.11 Å². The van der Waals surface area contributed by atoms with E-state index in [1.165, 1.54) is 12.8 Å². The van der Waals surface area contributed by atoms with Gasteiger partial charge in [0.15, 0.2) is 0 Å². The standard InChI is InChI=1S/C18H20N4O2/c1-24-18(23)15-7-9-16(10-8-15)19-20-22-13-11-21(12-14-22)17-5-3-2-4-6-17/h2-10H,11-14H2,1H3. The molecular weight excluding hydrogens is 304 g/mol. The van der Waals surface area contributed by atoms with Crippen LogP contribution in [0.15, 0.2) is 64.9 Å². The highest BCUT2D eigenvalue weighted by Crippen LogP contribution is 2.18. The van der Waals surface area contributed by atoms with Gasteiger partial charge in [0.2, 0.25) is 0 Å². The van der Waals surface area contributed by atoms with E-state index in [0.29, 0.717) is 11.3 Å². The monoisotopic (exact) mass is 324 g/mol. The van der Waals surface area contributed by atoms with Crippen LogP contribution in [0.25, 0.3) is 0 Å². The number of esters is 1. The summed E-state index contributed by atoms with van der Waals surface area (Å²) < 4.78 is 4.67. The van der Waals surface area contributed by atoms with Crippen molar-refractivity contribution in [1.29, 1.82) is 0 Å². The van der Waals surface area contributed by atoms with E-state index in [1.54, 1.807) is 24.3 Å². The molecule has 2 aromatic rings. The molecule has 0 radical (unpaired) electrons. The van der Waals surface area contributed by atoms with Crippen LogP contribution in [0.5, 0.6) is 0 Å². The van der Waals surface area contributed by atoms with Gasteiger partial charge in [-0.3, -0.25) is 5.01 Å². The van der Waals surface area contributed by atoms with Crippen molar-refractivity contribution < 1.29 is 9.53 Å². The Morgan fingerprint density at radius 3 is 2.25 bits per heavy atom. The van der Waals surface area contributed by atoms with Crippen LogP contribution in [0.1, 0.15) is 10.4 Å². The Balaban J connectivity index is 1.54. The predicted octanol–water partition coefficient (Wildman–Crippen LogP) is 3.29. The van der Waals surface area contributed by atoms with Gasteiger partial charge in [-0.1, -0.05) is 23.4 Å². The third-order valence-electron chi connectivity index (χ3n) is 3.95. The molecule has 0 aliphatic carbocycles. The fourth-order valence-corrected chi connectivity index (χ4v) is 2.58. The Hall–Kier alpha value is -2.89. The maximum atomic E-state index is 11.4. The van der Waals surface area contributed by atoms with Crippen LogP contribution in [0.2, 0.25) is 0 Å². The van der Waals surface area contributed by atoms with Gasteiger partial charge in [-0.2, -0.15) is 0 Å². The summed E-state index contributed by atoms with van der Waals surface area (Å²) in [6, 6.07) is 17.3. The second kappa shape index (κ2) is 7.59. The number of benzene rings is 2. The minimum Gasteiger partial charge on any atom is -0.465 e. The highest BCUT2D eigenvalue weighted by atomic mass is 16.5. The summed E-state index contributed by atoms with van der Waals surface area (Å²) in [4.78, 5) is 13.7. The highest BCUT2D eigenvalue weighted by Gasteiger charge is 2.15. The molecule has 0 unspecified atom stereocenters. The zero-order chi connectivity index (χ0) is 16.8. The third-order valence-corrected chi connectivity index (χ3v) is 3.95. The van der Waals surface area contributed by atoms with Crippen LogP contribution >= 0.6 is 0 Å². The summed E-state index contributed by atoms with van der Waals surface area (Å²) >= 11 is 0. The lowest BCUT2D eigenvalue weighted by Gasteiger charge is -2.33. The molecule has 0 spiro atoms. The van der Waals surface area contributed by atoms with Crippen molar-refractivity contribution in [3.8, 4) is 0 Å². The first-order valence-electron chi connectivity index (χ1n) is 7.91. The number of ether oxygens (including phenoxy) is 1. The quantitative estimate of drug-likeness (QED) is 0.639. The summed E-state index contributed by atoms with van der Waals surface area (Å²) in [5.41, 5.74) is 2.47. The summed E-state index contributed by atoms with van der Waals surface area (Å²) in [5.74, 6) is -0.351. The lowest BCUT2D eigenvalue weighted by Crippen LogP contribution is -2.43. The number of methoxy groups -OCH3 is 1. The number of hydrogen-bond donors (Lipinski definition) is 0. The molecular formula is C18H20N4O2. The van der Waals surface area contributed by atoms with E-state index in [2.05, 4.69) is 44.2 Å². The number of nitrogens with zero attached hydrogens (tertiary/aromatic N) is 4. The van der Waals surface area contributed by atoms with E-state index in [4.69, 9.17) is 0 Å². The molecule has 6 nitrogen and oxygen atoms in total. The van der Waals surface area contributed by atoms with Crippen molar-refractivity contribution >= 4 is 17.3 Å². The maximum Gasteiger partial charge on any atom is 0.337 e. The Kier molecular flexibility index (Phi) is 5.05. The van der Waals surface area contributed by atoms with Gasteiger partial charge in [0.1, 0.15) is 0 Å². The van der Waals surface area contributed by atoms with E-state index in [0.717, 1.165) is 26.2 Å². The average molecular weight is 324 g/mol. The van der Waals surface area contributed by atoms with E-state index in [-0.39, 0.29) is 5.97 Å². The van der Waals surface area contributed by atoms with E-state index >= 15 is 0 Å². The minimum atomic E-state index is -0.351. The number of carbonyl (C=O) groups is 1. The van der Waals surface area contributed by atoms with Crippen molar-refractivity contribution in [3.63, 3.8) is 0 Å². The summed E-state index contributed by atoms with van der Waals surface area (Å²) in [6.07, 6.45) is 0. The lowest BCUT2D eigenvalue weighted by molar-refractivity contribution is 0.0601. The highest BCUT2D eigenvalue weighted by molar-refractivity contribution is 5.89. The molecule has 0 amide bonds. The molecule has 1 fully saturated rings. The summed E-state index contributed by atoms with van der Waals surface area (Å²) in [7, 11) is 1.37. The Bertz CT molecular complexity index is 693. The number of piperazine rings is 1. The molecule has 1 saturated heterocycles. The SMILES string of the molecule is COC(=O)c1ccc(N=NN2CCN(c3ccccc3)CC2)cc1. The minimum absolute atomic E-state index is 0.351. The summed E-state index contributed by atoms with van der Waals surface area (Å²) in [6.45, 7) is 3.51. The first kappa shape index (κ1) is 16.0. The molecule has 1 aliphatic heterocycles. The normalized spacial score (nSPS) is 14.9. The number of rotatable bonds is 4. The zero-order valence-corrected chi connectivity index (χ0v) is 13.6. The largest absolute Gasteiger partial charge is 0.465 e. The molecule has 6 heteroatoms. The van der Waals surface area contributed by atoms with Crippen LogP contribution in [-0.2, 0) is 4.74 Å². The van der Waals surface area contributed by atoms with Crippen molar-refractivity contribution in [2.45, 2.75) is 0 Å². The van der Waals surface area contributed by atoms with Crippen molar-refractivity contribution in [2.24, 2.45) is 10.3 Å². The molecule has 0 saturated carbocycles. The molecule has 0 atom stereocenters. The second-order valence-electron chi connectivity index (χ2n) is 5.50. The van der Waals surface area contributed by atoms with E-state index < -0.39 is 0 Å². The van der Waals surface area contributed by atoms with Gasteiger partial charge < -0.3 is 9.64 Å². The smallest absolute Gasteiger partial charge is 0.337 e. The Morgan fingerprint density at radius 2 is 1.62 bits per heavy atom. The van der Waals surface area contributed by atoms with Crippen LogP contribution in [-0.4, -0.2) is 44.3 Å². The lowest BCUT2D eigenvalue weighted by atomic mass is 10.2. The molecule has 1 heterocycles. The number of hydrogen-bond acceptors (Lipinski definition) is 5. The molecule has 3 rings (SSSR count). The average Bonchev–Trinajstić information content (AvgIpc) is 2.67. The fraction of sp³-hybridized carbons (Fsp3) is 0.278. The topological polar surface area (TPSA) is 57.5 Å². The van der Waals surface area contributed by atoms with E-state index in [9.17, 15) is 4.79 Å². The number of carbonyl (C=O) groups excluding carboxylic acids is 1. The van der Waals surface area contributed by atoms with Gasteiger partial charge in [-0.25, -0.2) is 4.79 Å². The van der Waals surface area contributed by atoms with Crippen LogP contribution < -0.4 is 4.90 Å². The zero-order valence-electron chi connectivity index (χ0n) is 13.6. The molecule has 2 aromatic carbocycles. The first-order chi connectivity index (χ1) is 11.8. The maximum absolute atomic E-state index is 11.4. The second-order valence-corrected chi connectivity index (χ2v) is 5.50. The van der Waals surface area contributed by atoms with Gasteiger partial charge in [-0.05, 0) is 36.4 Å². The Morgan fingerprint density at radius 1 is 0.958 bits per heavy atom. The molecule has 0 aromatic heterocycles. The first-order valence-corrected chi connectivity index (χ1v) is 7.91. The van der Waals surface area contributed by atoms with Gasteiger partial charge >= 0.3 is 5.97 Å². The summed E-state index contributed by atoms with van der Waals surface area (Å²) in [5, 5.41) is 10.5. The molecule has 0 bridgehead atoms. The molecule has 24 heavy (non-hydrogen) atoms. The van der Waals surface area contributed by atoms with Crippen molar-refractivity contribution in [2.75, 3.05) is 38.2 Å². The van der Waals surface area contributed by atoms with Crippen LogP contribution in [0.4, 0.5) is 11.4 Å². The molecule has 124 valence electrons. The van der Waals surface area contributed by atoms with Crippen molar-refractivity contribution in [3.05, 3.63) is 60.2 Å².